The Bertz CT molecular complexity index is 431. The number of nitrogens with zero attached hydrogens (tertiary/aromatic N) is 1. The first kappa shape index (κ1) is 13.7. The molecule has 0 aliphatic carbocycles. The molecule has 0 bridgehead atoms. The molecule has 0 spiro atoms. The molecule has 1 unspecified atom stereocenters. The Kier molecular flexibility index (Phi) is 4.27. The van der Waals surface area contributed by atoms with Gasteiger partial charge in [0.15, 0.2) is 0 Å². The molecule has 5 nitrogen and oxygen atoms in total. The normalized spacial score (nSPS) is 19.5. The molecule has 1 amide bonds. The number of hydrogen-bond acceptors (Lipinski definition) is 4. The number of rotatable bonds is 4. The van der Waals surface area contributed by atoms with Gasteiger partial charge >= 0.3 is 6.09 Å². The van der Waals surface area contributed by atoms with Crippen molar-refractivity contribution in [2.45, 2.75) is 32.4 Å². The number of nitrogens with two attached hydrogens (primary N) is 1. The summed E-state index contributed by atoms with van der Waals surface area (Å²) in [5, 5.41) is 0. The standard InChI is InChI=1S/C14H20N2O3/c1-10(2)19-13-5-3-11(4-6-13)16-12(9-15)7-8-18-14(16)17/h3-6,10,12H,7-9,15H2,1-2H3. The van der Waals surface area contributed by atoms with Gasteiger partial charge in [0.05, 0.1) is 18.8 Å². The van der Waals surface area contributed by atoms with Crippen molar-refractivity contribution in [2.75, 3.05) is 18.1 Å². The van der Waals surface area contributed by atoms with Gasteiger partial charge < -0.3 is 15.2 Å². The summed E-state index contributed by atoms with van der Waals surface area (Å²) in [5.41, 5.74) is 6.50. The van der Waals surface area contributed by atoms with Gasteiger partial charge in [-0.25, -0.2) is 4.79 Å². The van der Waals surface area contributed by atoms with E-state index in [0.717, 1.165) is 17.9 Å². The van der Waals surface area contributed by atoms with E-state index >= 15 is 0 Å². The Morgan fingerprint density at radius 1 is 1.42 bits per heavy atom. The van der Waals surface area contributed by atoms with Crippen LogP contribution in [0.4, 0.5) is 10.5 Å². The summed E-state index contributed by atoms with van der Waals surface area (Å²) < 4.78 is 10.6. The zero-order valence-corrected chi connectivity index (χ0v) is 11.3. The smallest absolute Gasteiger partial charge is 0.414 e. The van der Waals surface area contributed by atoms with Crippen LogP contribution < -0.4 is 15.4 Å². The number of amides is 1. The summed E-state index contributed by atoms with van der Waals surface area (Å²) in [6.07, 6.45) is 0.550. The SMILES string of the molecule is CC(C)Oc1ccc(N2C(=O)OCCC2CN)cc1. The van der Waals surface area contributed by atoms with Gasteiger partial charge in [-0.1, -0.05) is 0 Å². The van der Waals surface area contributed by atoms with Crippen LogP contribution in [0.2, 0.25) is 0 Å². The quantitative estimate of drug-likeness (QED) is 0.905. The summed E-state index contributed by atoms with van der Waals surface area (Å²) in [6.45, 7) is 4.81. The van der Waals surface area contributed by atoms with Gasteiger partial charge in [0.1, 0.15) is 5.75 Å². The number of benzene rings is 1. The molecule has 1 aromatic carbocycles. The zero-order chi connectivity index (χ0) is 13.8. The van der Waals surface area contributed by atoms with E-state index in [-0.39, 0.29) is 18.2 Å². The third-order valence-corrected chi connectivity index (χ3v) is 3.00. The largest absolute Gasteiger partial charge is 0.491 e. The molecule has 1 aliphatic rings. The van der Waals surface area contributed by atoms with E-state index in [1.807, 2.05) is 38.1 Å². The van der Waals surface area contributed by atoms with Crippen molar-refractivity contribution in [2.24, 2.45) is 5.73 Å². The molecule has 1 aliphatic heterocycles. The molecule has 0 radical (unpaired) electrons. The molecule has 1 aromatic rings. The average molecular weight is 264 g/mol. The number of cyclic esters (lactones) is 1. The lowest BCUT2D eigenvalue weighted by molar-refractivity contribution is 0.130. The lowest BCUT2D eigenvalue weighted by Gasteiger charge is -2.34. The zero-order valence-electron chi connectivity index (χ0n) is 11.3. The van der Waals surface area contributed by atoms with Crippen LogP contribution >= 0.6 is 0 Å². The maximum Gasteiger partial charge on any atom is 0.414 e. The summed E-state index contributed by atoms with van der Waals surface area (Å²) in [6, 6.07) is 7.41. The van der Waals surface area contributed by atoms with Crippen LogP contribution in [0.1, 0.15) is 20.3 Å². The summed E-state index contributed by atoms with van der Waals surface area (Å²) in [5.74, 6) is 0.786. The molecule has 0 saturated carbocycles. The van der Waals surface area contributed by atoms with E-state index in [4.69, 9.17) is 15.2 Å². The molecule has 1 fully saturated rings. The van der Waals surface area contributed by atoms with Crippen LogP contribution in [0, 0.1) is 0 Å². The topological polar surface area (TPSA) is 64.8 Å². The van der Waals surface area contributed by atoms with Gasteiger partial charge in [-0.2, -0.15) is 0 Å². The molecule has 5 heteroatoms. The Labute approximate surface area is 113 Å². The number of ether oxygens (including phenoxy) is 2. The molecule has 1 heterocycles. The molecular weight excluding hydrogens is 244 g/mol. The van der Waals surface area contributed by atoms with Crippen molar-refractivity contribution < 1.29 is 14.3 Å². The van der Waals surface area contributed by atoms with E-state index in [0.29, 0.717) is 13.2 Å². The molecule has 2 N–H and O–H groups in total. The van der Waals surface area contributed by atoms with Crippen molar-refractivity contribution in [3.8, 4) is 5.75 Å². The highest BCUT2D eigenvalue weighted by atomic mass is 16.6. The molecule has 1 saturated heterocycles. The minimum atomic E-state index is -0.334. The van der Waals surface area contributed by atoms with E-state index < -0.39 is 0 Å². The minimum Gasteiger partial charge on any atom is -0.491 e. The fourth-order valence-electron chi connectivity index (χ4n) is 2.13. The van der Waals surface area contributed by atoms with E-state index in [1.165, 1.54) is 0 Å². The highest BCUT2D eigenvalue weighted by molar-refractivity contribution is 5.89. The van der Waals surface area contributed by atoms with Crippen LogP contribution in [-0.2, 0) is 4.74 Å². The van der Waals surface area contributed by atoms with Gasteiger partial charge in [0.25, 0.3) is 0 Å². The van der Waals surface area contributed by atoms with Crippen LogP contribution in [-0.4, -0.2) is 31.4 Å². The molecular formula is C14H20N2O3. The minimum absolute atomic E-state index is 0.00174. The van der Waals surface area contributed by atoms with Gasteiger partial charge in [0, 0.05) is 18.7 Å². The molecule has 104 valence electrons. The van der Waals surface area contributed by atoms with Crippen LogP contribution in [0.25, 0.3) is 0 Å². The van der Waals surface area contributed by atoms with Crippen molar-refractivity contribution in [3.63, 3.8) is 0 Å². The Hall–Kier alpha value is -1.75. The third kappa shape index (κ3) is 3.17. The number of anilines is 1. The van der Waals surface area contributed by atoms with Crippen molar-refractivity contribution in [1.82, 2.24) is 0 Å². The monoisotopic (exact) mass is 264 g/mol. The maximum atomic E-state index is 11.8. The van der Waals surface area contributed by atoms with Gasteiger partial charge in [-0.05, 0) is 38.1 Å². The number of hydrogen-bond donors (Lipinski definition) is 1. The first-order valence-electron chi connectivity index (χ1n) is 6.54. The average Bonchev–Trinajstić information content (AvgIpc) is 2.39. The van der Waals surface area contributed by atoms with Gasteiger partial charge in [0.2, 0.25) is 0 Å². The third-order valence-electron chi connectivity index (χ3n) is 3.00. The summed E-state index contributed by atoms with van der Waals surface area (Å²) in [7, 11) is 0. The summed E-state index contributed by atoms with van der Waals surface area (Å²) >= 11 is 0. The Balaban J connectivity index is 2.17. The summed E-state index contributed by atoms with van der Waals surface area (Å²) in [4.78, 5) is 13.5. The van der Waals surface area contributed by atoms with Gasteiger partial charge in [-0.3, -0.25) is 4.90 Å². The molecule has 2 rings (SSSR count). The Morgan fingerprint density at radius 3 is 2.68 bits per heavy atom. The lowest BCUT2D eigenvalue weighted by atomic mass is 10.1. The fraction of sp³-hybridized carbons (Fsp3) is 0.500. The molecule has 0 aromatic heterocycles. The lowest BCUT2D eigenvalue weighted by Crippen LogP contribution is -2.49. The van der Waals surface area contributed by atoms with E-state index in [1.54, 1.807) is 4.90 Å². The van der Waals surface area contributed by atoms with Crippen LogP contribution in [0.3, 0.4) is 0 Å². The van der Waals surface area contributed by atoms with Gasteiger partial charge in [-0.15, -0.1) is 0 Å². The van der Waals surface area contributed by atoms with Crippen molar-refractivity contribution in [1.29, 1.82) is 0 Å². The first-order chi connectivity index (χ1) is 9.11. The van der Waals surface area contributed by atoms with Crippen LogP contribution in [0.5, 0.6) is 5.75 Å². The van der Waals surface area contributed by atoms with Crippen molar-refractivity contribution in [3.05, 3.63) is 24.3 Å². The van der Waals surface area contributed by atoms with Crippen molar-refractivity contribution >= 4 is 11.8 Å². The predicted molar refractivity (Wildman–Crippen MR) is 73.5 cm³/mol. The molecule has 1 atom stereocenters. The fourth-order valence-corrected chi connectivity index (χ4v) is 2.13. The number of carbonyl (C=O) groups is 1. The Morgan fingerprint density at radius 2 is 2.11 bits per heavy atom. The second-order valence-electron chi connectivity index (χ2n) is 4.82. The maximum absolute atomic E-state index is 11.8. The van der Waals surface area contributed by atoms with E-state index in [2.05, 4.69) is 0 Å². The predicted octanol–water partition coefficient (Wildman–Crippen LogP) is 2.15. The first-order valence-corrected chi connectivity index (χ1v) is 6.54. The highest BCUT2D eigenvalue weighted by Gasteiger charge is 2.29. The molecule has 19 heavy (non-hydrogen) atoms. The van der Waals surface area contributed by atoms with E-state index in [9.17, 15) is 4.79 Å². The second-order valence-corrected chi connectivity index (χ2v) is 4.82. The highest BCUT2D eigenvalue weighted by Crippen LogP contribution is 2.25. The second kappa shape index (κ2) is 5.93. The van der Waals surface area contributed by atoms with Crippen LogP contribution in [0.15, 0.2) is 24.3 Å². The number of carbonyl (C=O) groups excluding carboxylic acids is 1.